The first-order valence-electron chi connectivity index (χ1n) is 4.47. The Morgan fingerprint density at radius 1 is 1.29 bits per heavy atom. The molecule has 0 spiro atoms. The van der Waals surface area contributed by atoms with Gasteiger partial charge in [-0.3, -0.25) is 6.08 Å². The smallest absolute Gasteiger partial charge is 0.481 e. The van der Waals surface area contributed by atoms with Gasteiger partial charge in [-0.05, 0) is 0 Å². The summed E-state index contributed by atoms with van der Waals surface area (Å²) in [6, 6.07) is 0. The van der Waals surface area contributed by atoms with E-state index in [0.29, 0.717) is 0 Å². The molecule has 0 amide bonds. The summed E-state index contributed by atoms with van der Waals surface area (Å²) in [6.45, 7) is 6.20. The molecule has 2 rings (SSSR count). The summed E-state index contributed by atoms with van der Waals surface area (Å²) in [5.41, 5.74) is 3.77. The van der Waals surface area contributed by atoms with Crippen LogP contribution >= 0.6 is 0 Å². The maximum absolute atomic E-state index is 3.01. The average molecular weight is 274 g/mol. The van der Waals surface area contributed by atoms with Crippen molar-refractivity contribution in [3.8, 4) is 0 Å². The van der Waals surface area contributed by atoms with E-state index in [4.69, 9.17) is 0 Å². The molecule has 0 aromatic carbocycles. The van der Waals surface area contributed by atoms with E-state index in [-0.39, 0.29) is 19.5 Å². The number of aromatic nitrogens is 1. The number of aryl methyl sites for hydroxylation is 2. The van der Waals surface area contributed by atoms with Crippen LogP contribution in [-0.4, -0.2) is 4.98 Å². The maximum atomic E-state index is 3.01. The molecule has 76 valence electrons. The molecule has 0 saturated carbocycles. The molecule has 0 bridgehead atoms. The van der Waals surface area contributed by atoms with E-state index in [9.17, 15) is 0 Å². The molecule has 1 nitrogen and oxygen atoms in total. The molecule has 14 heavy (non-hydrogen) atoms. The molecule has 0 saturated heterocycles. The van der Waals surface area contributed by atoms with Gasteiger partial charge in [-0.2, -0.15) is 17.2 Å². The Hall–Kier alpha value is -0.617. The van der Waals surface area contributed by atoms with Gasteiger partial charge in [0.25, 0.3) is 0 Å². The number of hydrogen-bond acceptors (Lipinski definition) is 0. The van der Waals surface area contributed by atoms with Crippen molar-refractivity contribution in [1.82, 2.24) is 4.98 Å². The zero-order valence-electron chi connectivity index (χ0n) is 8.79. The molecule has 1 aromatic rings. The quantitative estimate of drug-likeness (QED) is 0.553. The van der Waals surface area contributed by atoms with E-state index in [0.717, 1.165) is 6.42 Å². The van der Waals surface area contributed by atoms with Crippen LogP contribution in [0.25, 0.3) is 0 Å². The topological polar surface area (TPSA) is 15.8 Å². The Balaban J connectivity index is 0.000000246. The van der Waals surface area contributed by atoms with Crippen LogP contribution in [0.1, 0.15) is 23.2 Å². The van der Waals surface area contributed by atoms with Gasteiger partial charge < -0.3 is 4.98 Å². The number of nitrogens with one attached hydrogen (secondary N) is 1. The zero-order chi connectivity index (χ0) is 9.68. The minimum absolute atomic E-state index is 0. The second-order valence-corrected chi connectivity index (χ2v) is 3.13. The van der Waals surface area contributed by atoms with Gasteiger partial charge in [0.05, 0.1) is 0 Å². The molecule has 1 heterocycles. The molecule has 2 heteroatoms. The summed E-state index contributed by atoms with van der Waals surface area (Å²) in [4.78, 5) is 3.01. The number of rotatable bonds is 0. The van der Waals surface area contributed by atoms with Gasteiger partial charge in [-0.15, -0.1) is 18.3 Å². The summed E-state index contributed by atoms with van der Waals surface area (Å²) in [6.07, 6.45) is 13.0. The molecular formula is C12H15NRu. The largest absolute Gasteiger partial charge is 2.00 e. The Morgan fingerprint density at radius 3 is 2.14 bits per heavy atom. The van der Waals surface area contributed by atoms with Gasteiger partial charge in [0, 0.05) is 0 Å². The zero-order valence-corrected chi connectivity index (χ0v) is 10.5. The van der Waals surface area contributed by atoms with Crippen molar-refractivity contribution in [1.29, 1.82) is 0 Å². The first kappa shape index (κ1) is 13.4. The van der Waals surface area contributed by atoms with Gasteiger partial charge in [-0.25, -0.2) is 12.2 Å². The fourth-order valence-corrected chi connectivity index (χ4v) is 0.996. The van der Waals surface area contributed by atoms with Crippen molar-refractivity contribution in [2.24, 2.45) is 0 Å². The normalized spacial score (nSPS) is 11.9. The third-order valence-electron chi connectivity index (χ3n) is 2.15. The molecule has 1 aliphatic carbocycles. The van der Waals surface area contributed by atoms with E-state index in [2.05, 4.69) is 44.1 Å². The molecule has 0 atom stereocenters. The van der Waals surface area contributed by atoms with E-state index in [1.54, 1.807) is 0 Å². The molecule has 1 aliphatic rings. The summed E-state index contributed by atoms with van der Waals surface area (Å²) in [7, 11) is 0. The fraction of sp³-hybridized carbons (Fsp3) is 0.333. The molecule has 0 radical (unpaired) electrons. The Kier molecular flexibility index (Phi) is 6.48. The average Bonchev–Trinajstić information content (AvgIpc) is 2.75. The predicted molar refractivity (Wildman–Crippen MR) is 55.4 cm³/mol. The first-order valence-corrected chi connectivity index (χ1v) is 4.47. The molecule has 0 aliphatic heterocycles. The van der Waals surface area contributed by atoms with Crippen molar-refractivity contribution >= 4 is 0 Å². The summed E-state index contributed by atoms with van der Waals surface area (Å²) in [5.74, 6) is 0. The van der Waals surface area contributed by atoms with Crippen LogP contribution in [-0.2, 0) is 19.5 Å². The van der Waals surface area contributed by atoms with Gasteiger partial charge in [0.15, 0.2) is 0 Å². The van der Waals surface area contributed by atoms with Gasteiger partial charge >= 0.3 is 19.5 Å². The van der Waals surface area contributed by atoms with E-state index in [1.807, 2.05) is 12.2 Å². The summed E-state index contributed by atoms with van der Waals surface area (Å²) < 4.78 is 0. The van der Waals surface area contributed by atoms with Crippen LogP contribution in [0.4, 0.5) is 0 Å². The third-order valence-corrected chi connectivity index (χ3v) is 2.15. The number of hydrogen-bond donors (Lipinski definition) is 1. The molecular weight excluding hydrogens is 259 g/mol. The molecule has 1 aromatic heterocycles. The van der Waals surface area contributed by atoms with E-state index >= 15 is 0 Å². The Labute approximate surface area is 99.1 Å². The monoisotopic (exact) mass is 275 g/mol. The van der Waals surface area contributed by atoms with Crippen molar-refractivity contribution in [3.63, 3.8) is 0 Å². The summed E-state index contributed by atoms with van der Waals surface area (Å²) >= 11 is 0. The van der Waals surface area contributed by atoms with E-state index < -0.39 is 0 Å². The fourth-order valence-electron chi connectivity index (χ4n) is 0.996. The van der Waals surface area contributed by atoms with Crippen LogP contribution in [0.3, 0.4) is 0 Å². The van der Waals surface area contributed by atoms with E-state index in [1.165, 1.54) is 16.8 Å². The minimum Gasteiger partial charge on any atom is -0.481 e. The third kappa shape index (κ3) is 4.06. The van der Waals surface area contributed by atoms with Gasteiger partial charge in [0.1, 0.15) is 0 Å². The SMILES string of the molecule is Cc1[c-][nH]c(C)c1C.[C-]1=CC=CC1.[Ru+2]. The van der Waals surface area contributed by atoms with Crippen LogP contribution in [0.5, 0.6) is 0 Å². The Morgan fingerprint density at radius 2 is 2.00 bits per heavy atom. The predicted octanol–water partition coefficient (Wildman–Crippen LogP) is 3.04. The number of allylic oxidation sites excluding steroid dienone is 4. The van der Waals surface area contributed by atoms with Crippen LogP contribution < -0.4 is 0 Å². The van der Waals surface area contributed by atoms with Gasteiger partial charge in [-0.1, -0.05) is 20.8 Å². The standard InChI is InChI=1S/C7H10N.C5H5.Ru/c1-5-4-8-7(3)6(5)2;1-2-4-5-3-1;/h8H,1-3H3;1-3H,4H2;/q2*-1;+2. The second-order valence-electron chi connectivity index (χ2n) is 3.13. The van der Waals surface area contributed by atoms with Crippen molar-refractivity contribution < 1.29 is 19.5 Å². The second kappa shape index (κ2) is 6.78. The van der Waals surface area contributed by atoms with Crippen molar-refractivity contribution in [2.45, 2.75) is 27.2 Å². The van der Waals surface area contributed by atoms with Crippen molar-refractivity contribution in [3.05, 3.63) is 47.3 Å². The van der Waals surface area contributed by atoms with Crippen LogP contribution in [0, 0.1) is 33.0 Å². The number of aromatic amines is 1. The first-order chi connectivity index (χ1) is 6.22. The molecule has 1 N–H and O–H groups in total. The van der Waals surface area contributed by atoms with Crippen LogP contribution in [0.15, 0.2) is 18.2 Å². The maximum Gasteiger partial charge on any atom is 2.00 e. The Bertz CT molecular complexity index is 292. The minimum atomic E-state index is 0. The van der Waals surface area contributed by atoms with Gasteiger partial charge in [0.2, 0.25) is 0 Å². The van der Waals surface area contributed by atoms with Crippen LogP contribution in [0.2, 0.25) is 0 Å². The number of H-pyrrole nitrogens is 1. The summed E-state index contributed by atoms with van der Waals surface area (Å²) in [5, 5.41) is 0. The van der Waals surface area contributed by atoms with Crippen molar-refractivity contribution in [2.75, 3.05) is 0 Å². The molecule has 0 fully saturated rings. The molecule has 0 unspecified atom stereocenters.